The van der Waals surface area contributed by atoms with Crippen LogP contribution in [0.15, 0.2) is 48.5 Å². The lowest BCUT2D eigenvalue weighted by Gasteiger charge is -2.35. The van der Waals surface area contributed by atoms with Crippen molar-refractivity contribution in [1.82, 2.24) is 9.80 Å². The highest BCUT2D eigenvalue weighted by atomic mass is 19.1. The molecule has 2 aromatic carbocycles. The number of amides is 2. The predicted molar refractivity (Wildman–Crippen MR) is 103 cm³/mol. The molecular weight excluding hydrogens is 345 g/mol. The highest BCUT2D eigenvalue weighted by Gasteiger charge is 2.24. The zero-order chi connectivity index (χ0) is 19.4. The van der Waals surface area contributed by atoms with Gasteiger partial charge in [-0.05, 0) is 42.0 Å². The summed E-state index contributed by atoms with van der Waals surface area (Å²) in [5, 5.41) is 0. The van der Waals surface area contributed by atoms with Crippen molar-refractivity contribution in [2.75, 3.05) is 45.2 Å². The monoisotopic (exact) mass is 369 g/mol. The molecule has 2 amide bonds. The molecule has 6 heteroatoms. The van der Waals surface area contributed by atoms with Crippen LogP contribution in [0.25, 0.3) is 0 Å². The average molecular weight is 369 g/mol. The van der Waals surface area contributed by atoms with Crippen molar-refractivity contribution in [3.8, 4) is 0 Å². The molecule has 0 aromatic heterocycles. The zero-order valence-corrected chi connectivity index (χ0v) is 15.7. The molecule has 0 spiro atoms. The second kappa shape index (κ2) is 8.20. The van der Waals surface area contributed by atoms with E-state index in [-0.39, 0.29) is 24.1 Å². The van der Waals surface area contributed by atoms with Crippen LogP contribution in [0.3, 0.4) is 0 Å². The van der Waals surface area contributed by atoms with E-state index in [4.69, 9.17) is 0 Å². The number of carbonyl (C=O) groups is 2. The Morgan fingerprint density at radius 3 is 2.00 bits per heavy atom. The van der Waals surface area contributed by atoms with Crippen LogP contribution in [0.2, 0.25) is 0 Å². The minimum Gasteiger partial charge on any atom is -0.378 e. The Morgan fingerprint density at radius 1 is 0.889 bits per heavy atom. The first-order valence-electron chi connectivity index (χ1n) is 9.03. The molecule has 1 fully saturated rings. The lowest BCUT2D eigenvalue weighted by molar-refractivity contribution is -0.131. The maximum atomic E-state index is 13.0. The van der Waals surface area contributed by atoms with Crippen molar-refractivity contribution >= 4 is 17.5 Å². The molecule has 0 unspecified atom stereocenters. The first kappa shape index (κ1) is 18.9. The number of hydrogen-bond acceptors (Lipinski definition) is 3. The minimum absolute atomic E-state index is 0.00374. The number of piperazine rings is 1. The highest BCUT2D eigenvalue weighted by molar-refractivity contribution is 5.94. The van der Waals surface area contributed by atoms with Crippen molar-refractivity contribution in [2.24, 2.45) is 0 Å². The van der Waals surface area contributed by atoms with E-state index in [0.29, 0.717) is 31.7 Å². The second-order valence-corrected chi connectivity index (χ2v) is 6.92. The molecule has 0 atom stereocenters. The number of halogens is 1. The first-order chi connectivity index (χ1) is 12.9. The molecular formula is C21H24FN3O2. The standard InChI is InChI=1S/C21H24FN3O2/c1-23(2)19-9-5-17(6-10-19)21(27)25-13-11-24(12-14-25)20(26)15-16-3-7-18(22)8-4-16/h3-10H,11-15H2,1-2H3. The number of carbonyl (C=O) groups excluding carboxylic acids is 2. The van der Waals surface area contributed by atoms with Gasteiger partial charge in [0, 0.05) is 51.5 Å². The van der Waals surface area contributed by atoms with E-state index in [9.17, 15) is 14.0 Å². The summed E-state index contributed by atoms with van der Waals surface area (Å²) in [7, 11) is 3.91. The van der Waals surface area contributed by atoms with Crippen LogP contribution >= 0.6 is 0 Å². The smallest absolute Gasteiger partial charge is 0.253 e. The van der Waals surface area contributed by atoms with Gasteiger partial charge in [0.1, 0.15) is 5.82 Å². The summed E-state index contributed by atoms with van der Waals surface area (Å²) in [4.78, 5) is 30.6. The van der Waals surface area contributed by atoms with E-state index >= 15 is 0 Å². The molecule has 2 aromatic rings. The van der Waals surface area contributed by atoms with E-state index in [0.717, 1.165) is 11.3 Å². The fourth-order valence-electron chi connectivity index (χ4n) is 3.13. The topological polar surface area (TPSA) is 43.9 Å². The number of hydrogen-bond donors (Lipinski definition) is 0. The average Bonchev–Trinajstić information content (AvgIpc) is 2.69. The van der Waals surface area contributed by atoms with E-state index < -0.39 is 0 Å². The van der Waals surface area contributed by atoms with Gasteiger partial charge in [0.05, 0.1) is 6.42 Å². The van der Waals surface area contributed by atoms with Crippen LogP contribution in [0.5, 0.6) is 0 Å². The quantitative estimate of drug-likeness (QED) is 0.831. The summed E-state index contributed by atoms with van der Waals surface area (Å²) in [6.07, 6.45) is 0.250. The maximum Gasteiger partial charge on any atom is 0.253 e. The van der Waals surface area contributed by atoms with Crippen molar-refractivity contribution in [1.29, 1.82) is 0 Å². The Morgan fingerprint density at radius 2 is 1.44 bits per heavy atom. The molecule has 1 saturated heterocycles. The van der Waals surface area contributed by atoms with E-state index in [1.807, 2.05) is 43.3 Å². The molecule has 1 heterocycles. The van der Waals surface area contributed by atoms with Gasteiger partial charge < -0.3 is 14.7 Å². The summed E-state index contributed by atoms with van der Waals surface area (Å²) in [5.74, 6) is -0.313. The minimum atomic E-state index is -0.308. The number of nitrogens with zero attached hydrogens (tertiary/aromatic N) is 3. The predicted octanol–water partition coefficient (Wildman–Crippen LogP) is 2.42. The third kappa shape index (κ3) is 4.64. The Balaban J connectivity index is 1.54. The first-order valence-corrected chi connectivity index (χ1v) is 9.03. The molecule has 5 nitrogen and oxygen atoms in total. The van der Waals surface area contributed by atoms with Gasteiger partial charge in [-0.15, -0.1) is 0 Å². The van der Waals surface area contributed by atoms with E-state index in [1.165, 1.54) is 12.1 Å². The highest BCUT2D eigenvalue weighted by Crippen LogP contribution is 2.15. The summed E-state index contributed by atoms with van der Waals surface area (Å²) < 4.78 is 13.0. The SMILES string of the molecule is CN(C)c1ccc(C(=O)N2CCN(C(=O)Cc3ccc(F)cc3)CC2)cc1. The lowest BCUT2D eigenvalue weighted by Crippen LogP contribution is -2.51. The summed E-state index contributed by atoms with van der Waals surface area (Å²) in [5.41, 5.74) is 2.50. The number of rotatable bonds is 4. The normalized spacial score (nSPS) is 14.2. The van der Waals surface area contributed by atoms with Crippen LogP contribution < -0.4 is 4.90 Å². The van der Waals surface area contributed by atoms with Gasteiger partial charge in [0.25, 0.3) is 5.91 Å². The lowest BCUT2D eigenvalue weighted by atomic mass is 10.1. The van der Waals surface area contributed by atoms with Gasteiger partial charge in [0.15, 0.2) is 0 Å². The van der Waals surface area contributed by atoms with Crippen molar-refractivity contribution in [2.45, 2.75) is 6.42 Å². The third-order valence-corrected chi connectivity index (χ3v) is 4.82. The Bertz CT molecular complexity index is 795. The fraction of sp³-hybridized carbons (Fsp3) is 0.333. The zero-order valence-electron chi connectivity index (χ0n) is 15.7. The Hall–Kier alpha value is -2.89. The van der Waals surface area contributed by atoms with Gasteiger partial charge in [-0.1, -0.05) is 12.1 Å². The molecule has 27 heavy (non-hydrogen) atoms. The van der Waals surface area contributed by atoms with Gasteiger partial charge in [0.2, 0.25) is 5.91 Å². The molecule has 0 radical (unpaired) electrons. The number of benzene rings is 2. The van der Waals surface area contributed by atoms with Crippen LogP contribution in [-0.2, 0) is 11.2 Å². The van der Waals surface area contributed by atoms with Crippen LogP contribution in [-0.4, -0.2) is 61.9 Å². The van der Waals surface area contributed by atoms with Crippen molar-refractivity contribution in [3.63, 3.8) is 0 Å². The summed E-state index contributed by atoms with van der Waals surface area (Å²) >= 11 is 0. The molecule has 3 rings (SSSR count). The van der Waals surface area contributed by atoms with Crippen LogP contribution in [0.1, 0.15) is 15.9 Å². The Kier molecular flexibility index (Phi) is 5.74. The molecule has 0 N–H and O–H groups in total. The van der Waals surface area contributed by atoms with Gasteiger partial charge in [-0.2, -0.15) is 0 Å². The van der Waals surface area contributed by atoms with Gasteiger partial charge in [-0.3, -0.25) is 9.59 Å². The molecule has 0 bridgehead atoms. The Labute approximate surface area is 159 Å². The largest absolute Gasteiger partial charge is 0.378 e. The van der Waals surface area contributed by atoms with Gasteiger partial charge in [-0.25, -0.2) is 4.39 Å². The molecule has 142 valence electrons. The molecule has 1 aliphatic rings. The van der Waals surface area contributed by atoms with Crippen LogP contribution in [0, 0.1) is 5.82 Å². The number of anilines is 1. The van der Waals surface area contributed by atoms with Crippen molar-refractivity contribution in [3.05, 3.63) is 65.5 Å². The third-order valence-electron chi connectivity index (χ3n) is 4.82. The fourth-order valence-corrected chi connectivity index (χ4v) is 3.13. The van der Waals surface area contributed by atoms with Crippen LogP contribution in [0.4, 0.5) is 10.1 Å². The molecule has 1 aliphatic heterocycles. The molecule has 0 aliphatic carbocycles. The van der Waals surface area contributed by atoms with Gasteiger partial charge >= 0.3 is 0 Å². The van der Waals surface area contributed by atoms with E-state index in [1.54, 1.807) is 21.9 Å². The van der Waals surface area contributed by atoms with Crippen molar-refractivity contribution < 1.29 is 14.0 Å². The second-order valence-electron chi connectivity index (χ2n) is 6.92. The summed E-state index contributed by atoms with van der Waals surface area (Å²) in [6.45, 7) is 2.07. The summed E-state index contributed by atoms with van der Waals surface area (Å²) in [6, 6.07) is 13.5. The molecule has 0 saturated carbocycles. The van der Waals surface area contributed by atoms with E-state index in [2.05, 4.69) is 0 Å². The maximum absolute atomic E-state index is 13.0.